The van der Waals surface area contributed by atoms with Crippen molar-refractivity contribution in [2.45, 2.75) is 38.5 Å². The highest BCUT2D eigenvalue weighted by atomic mass is 16.2. The minimum absolute atomic E-state index is 0.0656. The molecule has 19 heavy (non-hydrogen) atoms. The Labute approximate surface area is 114 Å². The Morgan fingerprint density at radius 3 is 2.63 bits per heavy atom. The molecule has 3 rings (SSSR count). The lowest BCUT2D eigenvalue weighted by molar-refractivity contribution is -0.118. The lowest BCUT2D eigenvalue weighted by atomic mass is 9.80. The molecule has 1 amide bonds. The van der Waals surface area contributed by atoms with E-state index in [2.05, 4.69) is 42.7 Å². The van der Waals surface area contributed by atoms with Gasteiger partial charge in [0.1, 0.15) is 0 Å². The Bertz CT molecular complexity index is 490. The number of amides is 1. The molecule has 2 aliphatic rings. The number of carbonyl (C=O) groups is 1. The Morgan fingerprint density at radius 1 is 1.21 bits per heavy atom. The third kappa shape index (κ3) is 2.16. The van der Waals surface area contributed by atoms with Crippen molar-refractivity contribution in [2.75, 3.05) is 18.4 Å². The van der Waals surface area contributed by atoms with Crippen molar-refractivity contribution in [1.29, 1.82) is 0 Å². The number of hydrogen-bond acceptors (Lipinski definition) is 2. The van der Waals surface area contributed by atoms with Crippen LogP contribution < -0.4 is 10.6 Å². The number of para-hydroxylation sites is 1. The molecule has 102 valence electrons. The van der Waals surface area contributed by atoms with Crippen LogP contribution in [0.4, 0.5) is 5.69 Å². The number of anilines is 1. The van der Waals surface area contributed by atoms with Crippen LogP contribution in [0.1, 0.15) is 49.7 Å². The van der Waals surface area contributed by atoms with Gasteiger partial charge in [0.2, 0.25) is 5.91 Å². The van der Waals surface area contributed by atoms with Gasteiger partial charge in [0.15, 0.2) is 0 Å². The third-order valence-corrected chi connectivity index (χ3v) is 4.47. The van der Waals surface area contributed by atoms with Crippen molar-refractivity contribution in [2.24, 2.45) is 5.92 Å². The first-order valence-electron chi connectivity index (χ1n) is 7.33. The molecule has 1 aromatic carbocycles. The van der Waals surface area contributed by atoms with Gasteiger partial charge in [-0.3, -0.25) is 4.79 Å². The molecule has 1 saturated heterocycles. The summed E-state index contributed by atoms with van der Waals surface area (Å²) in [6.07, 6.45) is 2.20. The summed E-state index contributed by atoms with van der Waals surface area (Å²) in [4.78, 5) is 12.4. The van der Waals surface area contributed by atoms with Gasteiger partial charge in [0.05, 0.1) is 5.92 Å². The summed E-state index contributed by atoms with van der Waals surface area (Å²) >= 11 is 0. The highest BCUT2D eigenvalue weighted by Gasteiger charge is 2.38. The van der Waals surface area contributed by atoms with Crippen molar-refractivity contribution >= 4 is 11.6 Å². The normalized spacial score (nSPS) is 23.5. The van der Waals surface area contributed by atoms with Gasteiger partial charge in [-0.25, -0.2) is 0 Å². The van der Waals surface area contributed by atoms with E-state index in [-0.39, 0.29) is 11.8 Å². The third-order valence-electron chi connectivity index (χ3n) is 4.47. The molecular formula is C16H22N2O. The molecule has 1 aromatic rings. The van der Waals surface area contributed by atoms with Gasteiger partial charge in [-0.1, -0.05) is 32.0 Å². The summed E-state index contributed by atoms with van der Waals surface area (Å²) in [7, 11) is 0. The van der Waals surface area contributed by atoms with Crippen LogP contribution in [-0.4, -0.2) is 19.0 Å². The molecule has 2 heterocycles. The molecule has 0 aromatic heterocycles. The monoisotopic (exact) mass is 258 g/mol. The number of benzene rings is 1. The van der Waals surface area contributed by atoms with E-state index in [1.54, 1.807) is 0 Å². The number of hydrogen-bond donors (Lipinski definition) is 2. The molecule has 0 spiro atoms. The van der Waals surface area contributed by atoms with Gasteiger partial charge >= 0.3 is 0 Å². The number of nitrogens with one attached hydrogen (secondary N) is 2. The summed E-state index contributed by atoms with van der Waals surface area (Å²) in [5, 5.41) is 6.51. The van der Waals surface area contributed by atoms with Gasteiger partial charge in [0, 0.05) is 5.69 Å². The van der Waals surface area contributed by atoms with Crippen LogP contribution in [-0.2, 0) is 4.79 Å². The second kappa shape index (κ2) is 4.97. The van der Waals surface area contributed by atoms with E-state index in [1.165, 1.54) is 11.1 Å². The van der Waals surface area contributed by atoms with Crippen molar-refractivity contribution in [3.8, 4) is 0 Å². The number of carbonyl (C=O) groups excluding carboxylic acids is 1. The maximum absolute atomic E-state index is 12.4. The molecular weight excluding hydrogens is 236 g/mol. The molecule has 3 heteroatoms. The zero-order chi connectivity index (χ0) is 13.4. The molecule has 0 aliphatic carbocycles. The smallest absolute Gasteiger partial charge is 0.232 e. The topological polar surface area (TPSA) is 41.1 Å². The average molecular weight is 258 g/mol. The SMILES string of the molecule is CC(C)c1cccc2c1NC(=O)C2C1CCNCC1. The molecule has 0 saturated carbocycles. The highest BCUT2D eigenvalue weighted by molar-refractivity contribution is 6.04. The molecule has 2 aliphatic heterocycles. The second-order valence-corrected chi connectivity index (χ2v) is 6.02. The van der Waals surface area contributed by atoms with Crippen molar-refractivity contribution in [1.82, 2.24) is 5.32 Å². The summed E-state index contributed by atoms with van der Waals surface area (Å²) in [5.41, 5.74) is 3.58. The van der Waals surface area contributed by atoms with E-state index in [4.69, 9.17) is 0 Å². The lowest BCUT2D eigenvalue weighted by Crippen LogP contribution is -2.33. The van der Waals surface area contributed by atoms with Gasteiger partial charge < -0.3 is 10.6 Å². The van der Waals surface area contributed by atoms with E-state index >= 15 is 0 Å². The first kappa shape index (κ1) is 12.7. The minimum atomic E-state index is 0.0656. The van der Waals surface area contributed by atoms with Crippen LogP contribution in [0.25, 0.3) is 0 Å². The number of fused-ring (bicyclic) bond motifs is 1. The zero-order valence-electron chi connectivity index (χ0n) is 11.7. The van der Waals surface area contributed by atoms with E-state index < -0.39 is 0 Å². The van der Waals surface area contributed by atoms with E-state index in [9.17, 15) is 4.79 Å². The Balaban J connectivity index is 1.97. The van der Waals surface area contributed by atoms with E-state index in [0.717, 1.165) is 31.6 Å². The largest absolute Gasteiger partial charge is 0.325 e. The van der Waals surface area contributed by atoms with Crippen molar-refractivity contribution < 1.29 is 4.79 Å². The summed E-state index contributed by atoms with van der Waals surface area (Å²) < 4.78 is 0. The Morgan fingerprint density at radius 2 is 1.95 bits per heavy atom. The van der Waals surface area contributed by atoms with Gasteiger partial charge in [-0.05, 0) is 48.9 Å². The predicted molar refractivity (Wildman–Crippen MR) is 77.5 cm³/mol. The first-order chi connectivity index (χ1) is 9.18. The second-order valence-electron chi connectivity index (χ2n) is 6.02. The van der Waals surface area contributed by atoms with Crippen LogP contribution in [0.3, 0.4) is 0 Å². The van der Waals surface area contributed by atoms with Crippen LogP contribution in [0.2, 0.25) is 0 Å². The number of rotatable bonds is 2. The highest BCUT2D eigenvalue weighted by Crippen LogP contribution is 2.43. The standard InChI is InChI=1S/C16H22N2O/c1-10(2)12-4-3-5-13-14(16(19)18-15(12)13)11-6-8-17-9-7-11/h3-5,10-11,14,17H,6-9H2,1-2H3,(H,18,19). The van der Waals surface area contributed by atoms with Gasteiger partial charge in [0.25, 0.3) is 0 Å². The van der Waals surface area contributed by atoms with Gasteiger partial charge in [-0.2, -0.15) is 0 Å². The van der Waals surface area contributed by atoms with Crippen molar-refractivity contribution in [3.63, 3.8) is 0 Å². The molecule has 2 N–H and O–H groups in total. The van der Waals surface area contributed by atoms with E-state index in [1.807, 2.05) is 0 Å². The maximum atomic E-state index is 12.4. The lowest BCUT2D eigenvalue weighted by Gasteiger charge is -2.27. The zero-order valence-corrected chi connectivity index (χ0v) is 11.7. The van der Waals surface area contributed by atoms with Crippen molar-refractivity contribution in [3.05, 3.63) is 29.3 Å². The molecule has 0 bridgehead atoms. The predicted octanol–water partition coefficient (Wildman–Crippen LogP) is 2.85. The summed E-state index contributed by atoms with van der Waals surface area (Å²) in [5.74, 6) is 1.21. The minimum Gasteiger partial charge on any atom is -0.325 e. The fourth-order valence-electron chi connectivity index (χ4n) is 3.46. The molecule has 1 unspecified atom stereocenters. The summed E-state index contributed by atoms with van der Waals surface area (Å²) in [6.45, 7) is 6.43. The van der Waals surface area contributed by atoms with Crippen LogP contribution in [0, 0.1) is 5.92 Å². The molecule has 1 atom stereocenters. The molecule has 1 fully saturated rings. The summed E-state index contributed by atoms with van der Waals surface area (Å²) in [6, 6.07) is 6.36. The van der Waals surface area contributed by atoms with E-state index in [0.29, 0.717) is 11.8 Å². The Kier molecular flexibility index (Phi) is 3.31. The quantitative estimate of drug-likeness (QED) is 0.856. The van der Waals surface area contributed by atoms with Gasteiger partial charge in [-0.15, -0.1) is 0 Å². The van der Waals surface area contributed by atoms with Crippen LogP contribution in [0.5, 0.6) is 0 Å². The fraction of sp³-hybridized carbons (Fsp3) is 0.562. The fourth-order valence-corrected chi connectivity index (χ4v) is 3.46. The van der Waals surface area contributed by atoms with Crippen LogP contribution in [0.15, 0.2) is 18.2 Å². The molecule has 3 nitrogen and oxygen atoms in total. The first-order valence-corrected chi connectivity index (χ1v) is 7.33. The Hall–Kier alpha value is -1.35. The number of piperidine rings is 1. The average Bonchev–Trinajstić information content (AvgIpc) is 2.75. The maximum Gasteiger partial charge on any atom is 0.232 e. The molecule has 0 radical (unpaired) electrons. The van der Waals surface area contributed by atoms with Crippen LogP contribution >= 0.6 is 0 Å².